The first-order chi connectivity index (χ1) is 13.7. The Morgan fingerprint density at radius 1 is 1.18 bits per heavy atom. The molecule has 1 aliphatic rings. The summed E-state index contributed by atoms with van der Waals surface area (Å²) in [5, 5.41) is 8.37. The summed E-state index contributed by atoms with van der Waals surface area (Å²) >= 11 is 2.74. The molecule has 1 saturated carbocycles. The number of hydrazine groups is 1. The number of nitrogens with one attached hydrogen (secondary N) is 3. The molecule has 2 aromatic heterocycles. The highest BCUT2D eigenvalue weighted by Gasteiger charge is 2.22. The van der Waals surface area contributed by atoms with Crippen LogP contribution < -0.4 is 26.0 Å². The van der Waals surface area contributed by atoms with Crippen LogP contribution >= 0.6 is 23.3 Å². The predicted octanol–water partition coefficient (Wildman–Crippen LogP) is 3.21. The van der Waals surface area contributed by atoms with Crippen LogP contribution in [0.2, 0.25) is 0 Å². The van der Waals surface area contributed by atoms with Crippen molar-refractivity contribution in [3.8, 4) is 5.75 Å². The van der Waals surface area contributed by atoms with E-state index in [-0.39, 0.29) is 6.10 Å². The van der Waals surface area contributed by atoms with Crippen LogP contribution in [-0.2, 0) is 0 Å². The average Bonchev–Trinajstić information content (AvgIpc) is 3.16. The molecule has 3 aromatic rings. The highest BCUT2D eigenvalue weighted by atomic mass is 32.2. The molecule has 4 rings (SSSR count). The third-order valence-corrected chi connectivity index (χ3v) is 6.42. The molecule has 1 aromatic carbocycles. The number of rotatable bonds is 7. The lowest BCUT2D eigenvalue weighted by Gasteiger charge is -2.28. The predicted molar refractivity (Wildman–Crippen MR) is 114 cm³/mol. The molecule has 0 saturated heterocycles. The number of hydrogen-bond donors (Lipinski definition) is 4. The lowest BCUT2D eigenvalue weighted by Crippen LogP contribution is -2.34. The van der Waals surface area contributed by atoms with Gasteiger partial charge in [-0.3, -0.25) is 5.84 Å². The van der Waals surface area contributed by atoms with Gasteiger partial charge in [0.1, 0.15) is 16.3 Å². The van der Waals surface area contributed by atoms with Gasteiger partial charge in [0, 0.05) is 29.6 Å². The van der Waals surface area contributed by atoms with E-state index in [1.807, 2.05) is 31.4 Å². The molecule has 5 N–H and O–H groups in total. The Morgan fingerprint density at radius 3 is 2.82 bits per heavy atom. The summed E-state index contributed by atoms with van der Waals surface area (Å²) in [6.07, 6.45) is 8.15. The molecule has 1 aliphatic carbocycles. The van der Waals surface area contributed by atoms with E-state index in [1.54, 1.807) is 6.20 Å². The summed E-state index contributed by atoms with van der Waals surface area (Å²) in [5.74, 6) is 6.64. The number of thiazole rings is 1. The minimum atomic E-state index is 0.228. The molecule has 0 atom stereocenters. The lowest BCUT2D eigenvalue weighted by molar-refractivity contribution is 0.143. The van der Waals surface area contributed by atoms with Crippen LogP contribution in [0.3, 0.4) is 0 Å². The van der Waals surface area contributed by atoms with Crippen molar-refractivity contribution in [1.29, 1.82) is 0 Å². The van der Waals surface area contributed by atoms with Gasteiger partial charge in [0.25, 0.3) is 0 Å². The molecule has 0 bridgehead atoms. The van der Waals surface area contributed by atoms with Crippen molar-refractivity contribution in [2.24, 2.45) is 5.84 Å². The Labute approximate surface area is 171 Å². The number of benzene rings is 1. The summed E-state index contributed by atoms with van der Waals surface area (Å²) in [4.78, 5) is 15.9. The number of aromatic nitrogens is 3. The van der Waals surface area contributed by atoms with E-state index >= 15 is 0 Å². The van der Waals surface area contributed by atoms with E-state index in [0.717, 1.165) is 51.7 Å². The highest BCUT2D eigenvalue weighted by Crippen LogP contribution is 2.31. The van der Waals surface area contributed by atoms with Gasteiger partial charge >= 0.3 is 0 Å². The fraction of sp³-hybridized carbons (Fsp3) is 0.389. The van der Waals surface area contributed by atoms with Crippen molar-refractivity contribution >= 4 is 45.1 Å². The van der Waals surface area contributed by atoms with Gasteiger partial charge in [-0.1, -0.05) is 23.5 Å². The second kappa shape index (κ2) is 9.01. The Kier molecular flexibility index (Phi) is 6.23. The van der Waals surface area contributed by atoms with Crippen LogP contribution in [0, 0.1) is 0 Å². The fourth-order valence-electron chi connectivity index (χ4n) is 3.36. The van der Waals surface area contributed by atoms with Gasteiger partial charge in [0.2, 0.25) is 5.95 Å². The maximum atomic E-state index is 6.32. The van der Waals surface area contributed by atoms with Gasteiger partial charge in [-0.25, -0.2) is 15.0 Å². The van der Waals surface area contributed by atoms with E-state index in [9.17, 15) is 0 Å². The van der Waals surface area contributed by atoms with E-state index < -0.39 is 0 Å². The van der Waals surface area contributed by atoms with Gasteiger partial charge in [-0.2, -0.15) is 4.83 Å². The number of ether oxygens (including phenoxy) is 1. The number of nitrogens with two attached hydrogens (primary N) is 1. The molecule has 0 radical (unpaired) electrons. The highest BCUT2D eigenvalue weighted by molar-refractivity contribution is 7.99. The number of nitrogens with zero attached hydrogens (tertiary/aromatic N) is 3. The normalized spacial score (nSPS) is 19.6. The Balaban J connectivity index is 1.52. The molecule has 0 aliphatic heterocycles. The van der Waals surface area contributed by atoms with Crippen molar-refractivity contribution in [3.63, 3.8) is 0 Å². The van der Waals surface area contributed by atoms with Crippen molar-refractivity contribution in [3.05, 3.63) is 30.6 Å². The molecule has 28 heavy (non-hydrogen) atoms. The summed E-state index contributed by atoms with van der Waals surface area (Å²) in [7, 11) is 2.03. The lowest BCUT2D eigenvalue weighted by atomic mass is 9.93. The Morgan fingerprint density at radius 2 is 2.04 bits per heavy atom. The van der Waals surface area contributed by atoms with Gasteiger partial charge in [-0.05, 0) is 38.8 Å². The smallest absolute Gasteiger partial charge is 0.228 e. The zero-order chi connectivity index (χ0) is 19.3. The first-order valence-corrected chi connectivity index (χ1v) is 10.8. The zero-order valence-corrected chi connectivity index (χ0v) is 17.1. The van der Waals surface area contributed by atoms with Crippen LogP contribution in [0.1, 0.15) is 25.7 Å². The molecule has 0 spiro atoms. The molecule has 8 nitrogen and oxygen atoms in total. The van der Waals surface area contributed by atoms with Gasteiger partial charge in [-0.15, -0.1) is 0 Å². The molecular formula is C18H23N7OS2. The first kappa shape index (κ1) is 19.3. The van der Waals surface area contributed by atoms with Crippen LogP contribution in [0.4, 0.5) is 10.9 Å². The fourth-order valence-corrected chi connectivity index (χ4v) is 4.68. The summed E-state index contributed by atoms with van der Waals surface area (Å²) in [6, 6.07) is 6.57. The number of para-hydroxylation sites is 1. The first-order valence-electron chi connectivity index (χ1n) is 9.20. The number of fused-ring (bicyclic) bond motifs is 1. The standard InChI is InChI=1S/C18H23N7OS2/c1-20-12-5-7-13(8-6-12)26-14-4-2-3-11-9-21-17(24-16(11)14)23-15-10-22-18(27-15)28-25-19/h2-4,9-10,12-13,20,25H,5-8,19H2,1H3,(H,21,23,24). The van der Waals surface area contributed by atoms with Crippen LogP contribution in [0.15, 0.2) is 34.9 Å². The zero-order valence-electron chi connectivity index (χ0n) is 15.5. The molecule has 1 fully saturated rings. The van der Waals surface area contributed by atoms with Gasteiger partial charge < -0.3 is 15.4 Å². The molecule has 10 heteroatoms. The van der Waals surface area contributed by atoms with Crippen LogP contribution in [0.25, 0.3) is 10.9 Å². The maximum Gasteiger partial charge on any atom is 0.228 e. The van der Waals surface area contributed by atoms with Crippen molar-refractivity contribution in [2.75, 3.05) is 12.4 Å². The quantitative estimate of drug-likeness (QED) is 0.262. The third kappa shape index (κ3) is 4.53. The monoisotopic (exact) mass is 417 g/mol. The molecule has 2 heterocycles. The van der Waals surface area contributed by atoms with Crippen molar-refractivity contribution in [1.82, 2.24) is 25.1 Å². The third-order valence-electron chi connectivity index (χ3n) is 4.82. The van der Waals surface area contributed by atoms with Crippen molar-refractivity contribution < 1.29 is 4.74 Å². The van der Waals surface area contributed by atoms with Gasteiger partial charge in [0.05, 0.1) is 12.3 Å². The molecule has 148 valence electrons. The largest absolute Gasteiger partial charge is 0.488 e. The van der Waals surface area contributed by atoms with E-state index in [4.69, 9.17) is 15.6 Å². The Hall–Kier alpha value is -1.98. The Bertz CT molecular complexity index is 927. The molecule has 0 unspecified atom stereocenters. The minimum absolute atomic E-state index is 0.228. The molecular weight excluding hydrogens is 394 g/mol. The van der Waals surface area contributed by atoms with E-state index in [2.05, 4.69) is 25.4 Å². The average molecular weight is 418 g/mol. The maximum absolute atomic E-state index is 6.32. The second-order valence-electron chi connectivity index (χ2n) is 6.60. The summed E-state index contributed by atoms with van der Waals surface area (Å²) < 4.78 is 7.13. The minimum Gasteiger partial charge on any atom is -0.488 e. The van der Waals surface area contributed by atoms with E-state index in [1.165, 1.54) is 23.3 Å². The van der Waals surface area contributed by atoms with E-state index in [0.29, 0.717) is 12.0 Å². The summed E-state index contributed by atoms with van der Waals surface area (Å²) in [5.41, 5.74) is 0.818. The van der Waals surface area contributed by atoms with Crippen LogP contribution in [0.5, 0.6) is 5.75 Å². The topological polar surface area (TPSA) is 110 Å². The van der Waals surface area contributed by atoms with Crippen LogP contribution in [-0.4, -0.2) is 34.1 Å². The van der Waals surface area contributed by atoms with Gasteiger partial charge in [0.15, 0.2) is 4.34 Å². The second-order valence-corrected chi connectivity index (χ2v) is 8.72. The number of anilines is 2. The summed E-state index contributed by atoms with van der Waals surface area (Å²) in [6.45, 7) is 0. The molecule has 0 amide bonds. The SMILES string of the molecule is CNC1CCC(Oc2cccc3cnc(Nc4cnc(SNN)s4)nc23)CC1. The number of hydrogen-bond acceptors (Lipinski definition) is 10. The van der Waals surface area contributed by atoms with Crippen molar-refractivity contribution in [2.45, 2.75) is 42.2 Å².